The van der Waals surface area contributed by atoms with Gasteiger partial charge in [-0.2, -0.15) is 0 Å². The fourth-order valence-corrected chi connectivity index (χ4v) is 1.34. The second-order valence-electron chi connectivity index (χ2n) is 3.64. The van der Waals surface area contributed by atoms with E-state index in [0.29, 0.717) is 12.1 Å². The number of rotatable bonds is 7. The smallest absolute Gasteiger partial charge is 0.129 e. The van der Waals surface area contributed by atoms with Crippen LogP contribution in [-0.2, 0) is 17.9 Å². The first-order chi connectivity index (χ1) is 7.22. The third-order valence-electron chi connectivity index (χ3n) is 2.16. The first-order valence-corrected chi connectivity index (χ1v) is 5.21. The Balaban J connectivity index is 2.12. The molecule has 0 radical (unpaired) electrons. The van der Waals surface area contributed by atoms with Crippen LogP contribution in [0, 0.1) is 0 Å². The lowest BCUT2D eigenvalue weighted by atomic mass is 10.1. The summed E-state index contributed by atoms with van der Waals surface area (Å²) >= 11 is 0. The van der Waals surface area contributed by atoms with Crippen LogP contribution in [0.5, 0.6) is 0 Å². The quantitative estimate of drug-likeness (QED) is 0.681. The molecule has 84 valence electrons. The van der Waals surface area contributed by atoms with Crippen molar-refractivity contribution >= 4 is 5.78 Å². The Morgan fingerprint density at radius 1 is 1.47 bits per heavy atom. The lowest BCUT2D eigenvalue weighted by Crippen LogP contribution is -1.99. The van der Waals surface area contributed by atoms with E-state index >= 15 is 0 Å². The molecule has 0 fully saturated rings. The minimum absolute atomic E-state index is 0.0651. The largest absolute Gasteiger partial charge is 0.390 e. The van der Waals surface area contributed by atoms with Crippen LogP contribution in [0.3, 0.4) is 0 Å². The summed E-state index contributed by atoms with van der Waals surface area (Å²) < 4.78 is 1.72. The van der Waals surface area contributed by atoms with E-state index in [1.165, 1.54) is 0 Å². The number of carbonyl (C=O) groups excluding carboxylic acids is 1. The van der Waals surface area contributed by atoms with E-state index < -0.39 is 0 Å². The highest BCUT2D eigenvalue weighted by Gasteiger charge is 1.99. The fraction of sp³-hybridized carbons (Fsp3) is 0.700. The number of Topliss-reactive ketones (excluding diaryl/α,β-unsaturated/α-hetero) is 1. The molecule has 1 aromatic rings. The average Bonchev–Trinajstić information content (AvgIpc) is 2.65. The molecule has 0 aliphatic heterocycles. The standard InChI is InChI=1S/C10H17N3O2/c1-9(15)5-3-2-4-6-13-7-10(8-14)11-12-13/h7,14H,2-6,8H2,1H3. The Morgan fingerprint density at radius 2 is 2.27 bits per heavy atom. The number of aliphatic hydroxyl groups is 1. The molecule has 0 saturated carbocycles. The van der Waals surface area contributed by atoms with Crippen molar-refractivity contribution in [2.24, 2.45) is 0 Å². The maximum Gasteiger partial charge on any atom is 0.129 e. The molecule has 15 heavy (non-hydrogen) atoms. The van der Waals surface area contributed by atoms with Gasteiger partial charge in [0.1, 0.15) is 11.5 Å². The molecule has 0 amide bonds. The van der Waals surface area contributed by atoms with Gasteiger partial charge in [-0.1, -0.05) is 11.6 Å². The van der Waals surface area contributed by atoms with Gasteiger partial charge in [-0.3, -0.25) is 4.68 Å². The Morgan fingerprint density at radius 3 is 2.87 bits per heavy atom. The van der Waals surface area contributed by atoms with Gasteiger partial charge in [-0.25, -0.2) is 0 Å². The van der Waals surface area contributed by atoms with Crippen molar-refractivity contribution in [3.63, 3.8) is 0 Å². The Hall–Kier alpha value is -1.23. The van der Waals surface area contributed by atoms with Crippen molar-refractivity contribution in [2.75, 3.05) is 0 Å². The fourth-order valence-electron chi connectivity index (χ4n) is 1.34. The normalized spacial score (nSPS) is 10.5. The molecular weight excluding hydrogens is 194 g/mol. The summed E-state index contributed by atoms with van der Waals surface area (Å²) in [5.41, 5.74) is 0.596. The molecule has 0 aromatic carbocycles. The summed E-state index contributed by atoms with van der Waals surface area (Å²) in [5, 5.41) is 16.4. The van der Waals surface area contributed by atoms with E-state index in [1.54, 1.807) is 17.8 Å². The van der Waals surface area contributed by atoms with Crippen molar-refractivity contribution in [2.45, 2.75) is 45.8 Å². The molecule has 5 heteroatoms. The van der Waals surface area contributed by atoms with Gasteiger partial charge < -0.3 is 9.90 Å². The van der Waals surface area contributed by atoms with Gasteiger partial charge in [0.15, 0.2) is 0 Å². The minimum Gasteiger partial charge on any atom is -0.390 e. The zero-order valence-corrected chi connectivity index (χ0v) is 9.02. The maximum atomic E-state index is 10.7. The highest BCUT2D eigenvalue weighted by Crippen LogP contribution is 2.02. The van der Waals surface area contributed by atoms with Crippen LogP contribution in [0.4, 0.5) is 0 Å². The van der Waals surface area contributed by atoms with Gasteiger partial charge in [0, 0.05) is 13.0 Å². The van der Waals surface area contributed by atoms with Crippen molar-refractivity contribution in [3.8, 4) is 0 Å². The summed E-state index contributed by atoms with van der Waals surface area (Å²) in [6, 6.07) is 0. The molecule has 1 N–H and O–H groups in total. The summed E-state index contributed by atoms with van der Waals surface area (Å²) in [4.78, 5) is 10.7. The number of aryl methyl sites for hydroxylation is 1. The number of unbranched alkanes of at least 4 members (excludes halogenated alkanes) is 2. The zero-order chi connectivity index (χ0) is 11.1. The number of ketones is 1. The van der Waals surface area contributed by atoms with Crippen LogP contribution in [0.1, 0.15) is 38.3 Å². The monoisotopic (exact) mass is 211 g/mol. The summed E-state index contributed by atoms with van der Waals surface area (Å²) in [6.07, 6.45) is 5.36. The predicted molar refractivity (Wildman–Crippen MR) is 55.1 cm³/mol. The zero-order valence-electron chi connectivity index (χ0n) is 9.02. The first kappa shape index (κ1) is 11.8. The molecule has 1 heterocycles. The average molecular weight is 211 g/mol. The SMILES string of the molecule is CC(=O)CCCCCn1cc(CO)nn1. The highest BCUT2D eigenvalue weighted by atomic mass is 16.3. The molecule has 1 rings (SSSR count). The minimum atomic E-state index is -0.0651. The highest BCUT2D eigenvalue weighted by molar-refractivity contribution is 5.75. The summed E-state index contributed by atoms with van der Waals surface area (Å²) in [7, 11) is 0. The number of hydrogen-bond donors (Lipinski definition) is 1. The lowest BCUT2D eigenvalue weighted by Gasteiger charge is -1.99. The van der Waals surface area contributed by atoms with E-state index in [2.05, 4.69) is 10.3 Å². The molecule has 0 unspecified atom stereocenters. The second-order valence-corrected chi connectivity index (χ2v) is 3.64. The van der Waals surface area contributed by atoms with Crippen LogP contribution in [-0.4, -0.2) is 25.9 Å². The van der Waals surface area contributed by atoms with Crippen LogP contribution in [0.15, 0.2) is 6.20 Å². The molecule has 0 aliphatic carbocycles. The van der Waals surface area contributed by atoms with Crippen LogP contribution in [0.2, 0.25) is 0 Å². The number of aromatic nitrogens is 3. The molecule has 5 nitrogen and oxygen atoms in total. The number of nitrogens with zero attached hydrogens (tertiary/aromatic N) is 3. The molecule has 0 bridgehead atoms. The van der Waals surface area contributed by atoms with Gasteiger partial charge in [-0.15, -0.1) is 5.10 Å². The summed E-state index contributed by atoms with van der Waals surface area (Å²) in [6.45, 7) is 2.35. The van der Waals surface area contributed by atoms with Crippen molar-refractivity contribution < 1.29 is 9.90 Å². The van der Waals surface area contributed by atoms with Gasteiger partial charge in [0.2, 0.25) is 0 Å². The van der Waals surface area contributed by atoms with Crippen molar-refractivity contribution in [1.82, 2.24) is 15.0 Å². The van der Waals surface area contributed by atoms with Gasteiger partial charge in [0.05, 0.1) is 12.8 Å². The number of hydrogen-bond acceptors (Lipinski definition) is 4. The Kier molecular flexibility index (Phi) is 4.97. The third kappa shape index (κ3) is 4.69. The second kappa shape index (κ2) is 6.29. The van der Waals surface area contributed by atoms with E-state index in [4.69, 9.17) is 5.11 Å². The Labute approximate surface area is 89.1 Å². The van der Waals surface area contributed by atoms with Gasteiger partial charge >= 0.3 is 0 Å². The van der Waals surface area contributed by atoms with Crippen LogP contribution >= 0.6 is 0 Å². The molecule has 0 spiro atoms. The molecule has 0 atom stereocenters. The predicted octanol–water partition coefficient (Wildman–Crippen LogP) is 0.920. The lowest BCUT2D eigenvalue weighted by molar-refractivity contribution is -0.117. The van der Waals surface area contributed by atoms with E-state index in [1.807, 2.05) is 0 Å². The molecule has 0 saturated heterocycles. The summed E-state index contributed by atoms with van der Waals surface area (Å²) in [5.74, 6) is 0.248. The van der Waals surface area contributed by atoms with E-state index in [9.17, 15) is 4.79 Å². The van der Waals surface area contributed by atoms with Crippen molar-refractivity contribution in [1.29, 1.82) is 0 Å². The van der Waals surface area contributed by atoms with Gasteiger partial charge in [-0.05, 0) is 19.8 Å². The maximum absolute atomic E-state index is 10.7. The molecule has 1 aromatic heterocycles. The molecule has 0 aliphatic rings. The topological polar surface area (TPSA) is 68.0 Å². The Bertz CT molecular complexity index is 309. The molecular formula is C10H17N3O2. The van der Waals surface area contributed by atoms with E-state index in [-0.39, 0.29) is 12.4 Å². The third-order valence-corrected chi connectivity index (χ3v) is 2.16. The number of aliphatic hydroxyl groups excluding tert-OH is 1. The number of carbonyl (C=O) groups is 1. The van der Waals surface area contributed by atoms with E-state index in [0.717, 1.165) is 25.8 Å². The van der Waals surface area contributed by atoms with Gasteiger partial charge in [0.25, 0.3) is 0 Å². The van der Waals surface area contributed by atoms with Crippen LogP contribution < -0.4 is 0 Å². The van der Waals surface area contributed by atoms with Crippen LogP contribution in [0.25, 0.3) is 0 Å². The first-order valence-electron chi connectivity index (χ1n) is 5.21. The van der Waals surface area contributed by atoms with Crippen molar-refractivity contribution in [3.05, 3.63) is 11.9 Å².